The van der Waals surface area contributed by atoms with Crippen LogP contribution in [0, 0.1) is 0 Å². The maximum Gasteiger partial charge on any atom is 0.169 e. The standard InChI is InChI=1S/C81H85N9O13/c82-88-85-68(55-91-46-59-28-10-1-11-29-59)74(95-50-63-36-18-5-19-37-63)75(96-51-64-38-20-6-21-39-64)69(56-92-47-60-30-12-2-13-31-60)100-80-73(87-90-84)79(99-54-67-44-26-9-27-45-67)77(71(102-80)58-94-49-62-34-16-4-17-35-62)103-81-72(86-89-83)78(98-53-66-42-24-8-25-43-66)76(97-52-65-40-22-7-23-41-65)70(101-81)57-93-48-61-32-14-3-15-33-61/h1-45,68-81H,46-58H2/t68-,69-,70-,71-,72-,73-,74-,75-,76-,77-,78-,79-,80-,81+/m1/s1. The van der Waals surface area contributed by atoms with Crippen molar-refractivity contribution >= 4 is 0 Å². The lowest BCUT2D eigenvalue weighted by atomic mass is 9.94. The molecule has 22 heteroatoms. The fourth-order valence-corrected chi connectivity index (χ4v) is 12.3. The fraction of sp³-hybridized carbons (Fsp3) is 0.333. The molecular weight excluding hydrogens is 1310 g/mol. The molecule has 9 aromatic carbocycles. The SMILES string of the molecule is [N-]=[N+]=N[C@H]1[C@H](O[C@H]2[C@H](OCc3ccccc3)[C@@H](N=[N+]=[N-])[C@H](O[C@H](COCc3ccccc3)[C@@H](OCc3ccccc3)[C@H](OCc3ccccc3)[C@@H](COCc3ccccc3)N=[N+]=[N-])O[C@@H]2COCc2ccccc2)O[C@H](COCc2ccccc2)[C@@H](OCc2ccccc2)[C@@H]1OCc1ccccc1. The van der Waals surface area contributed by atoms with Gasteiger partial charge in [0.1, 0.15) is 60.9 Å². The Kier molecular flexibility index (Phi) is 30.0. The van der Waals surface area contributed by atoms with Crippen LogP contribution in [0.4, 0.5) is 0 Å². The Labute approximate surface area is 600 Å². The third-order valence-corrected chi connectivity index (χ3v) is 17.5. The van der Waals surface area contributed by atoms with Crippen LogP contribution in [0.3, 0.4) is 0 Å². The van der Waals surface area contributed by atoms with E-state index in [1.807, 2.05) is 273 Å². The second-order valence-corrected chi connectivity index (χ2v) is 24.8. The molecule has 14 atom stereocenters. The van der Waals surface area contributed by atoms with E-state index in [2.05, 4.69) is 30.1 Å². The lowest BCUT2D eigenvalue weighted by Crippen LogP contribution is -2.65. The van der Waals surface area contributed by atoms with E-state index in [4.69, 9.17) is 61.6 Å². The Bertz CT molecular complexity index is 4000. The largest absolute Gasteiger partial charge is 0.376 e. The predicted molar refractivity (Wildman–Crippen MR) is 385 cm³/mol. The van der Waals surface area contributed by atoms with Crippen molar-refractivity contribution in [2.24, 2.45) is 15.3 Å². The maximum atomic E-state index is 11.0. The topological polar surface area (TPSA) is 266 Å². The Hall–Kier alpha value is -9.61. The normalized spacial score (nSPS) is 21.3. The van der Waals surface area contributed by atoms with Gasteiger partial charge in [-0.3, -0.25) is 0 Å². The van der Waals surface area contributed by atoms with E-state index >= 15 is 0 Å². The van der Waals surface area contributed by atoms with E-state index in [1.165, 1.54) is 0 Å². The molecule has 0 saturated carbocycles. The van der Waals surface area contributed by atoms with E-state index < -0.39 is 85.6 Å². The molecule has 2 fully saturated rings. The second kappa shape index (κ2) is 41.5. The van der Waals surface area contributed by atoms with Crippen molar-refractivity contribution < 1.29 is 61.6 Å². The highest BCUT2D eigenvalue weighted by Crippen LogP contribution is 2.38. The maximum absolute atomic E-state index is 11.0. The molecule has 0 spiro atoms. The molecule has 0 N–H and O–H groups in total. The lowest BCUT2D eigenvalue weighted by molar-refractivity contribution is -0.348. The molecule has 2 heterocycles. The molecule has 2 saturated heterocycles. The van der Waals surface area contributed by atoms with Crippen LogP contribution in [0.2, 0.25) is 0 Å². The van der Waals surface area contributed by atoms with E-state index in [0.717, 1.165) is 50.1 Å². The van der Waals surface area contributed by atoms with Crippen molar-refractivity contribution in [3.63, 3.8) is 0 Å². The van der Waals surface area contributed by atoms with Crippen LogP contribution in [0.25, 0.3) is 31.3 Å². The molecule has 0 amide bonds. The molecule has 9 aromatic rings. The minimum atomic E-state index is -1.53. The minimum Gasteiger partial charge on any atom is -0.376 e. The van der Waals surface area contributed by atoms with Crippen molar-refractivity contribution in [2.75, 3.05) is 26.4 Å². The molecule has 2 aliphatic rings. The van der Waals surface area contributed by atoms with E-state index in [9.17, 15) is 16.6 Å². The van der Waals surface area contributed by atoms with Gasteiger partial charge >= 0.3 is 0 Å². The van der Waals surface area contributed by atoms with Gasteiger partial charge in [-0.15, -0.1) is 0 Å². The Balaban J connectivity index is 1.02. The van der Waals surface area contributed by atoms with Crippen molar-refractivity contribution in [1.29, 1.82) is 0 Å². The van der Waals surface area contributed by atoms with E-state index in [-0.39, 0.29) is 85.9 Å². The highest BCUT2D eigenvalue weighted by molar-refractivity contribution is 5.21. The van der Waals surface area contributed by atoms with Crippen molar-refractivity contribution in [3.8, 4) is 0 Å². The van der Waals surface area contributed by atoms with Gasteiger partial charge < -0.3 is 61.6 Å². The zero-order valence-electron chi connectivity index (χ0n) is 57.1. The van der Waals surface area contributed by atoms with Crippen LogP contribution in [-0.4, -0.2) is 112 Å². The first kappa shape index (κ1) is 74.6. The smallest absolute Gasteiger partial charge is 0.169 e. The van der Waals surface area contributed by atoms with Gasteiger partial charge in [-0.25, -0.2) is 0 Å². The molecule has 0 unspecified atom stereocenters. The van der Waals surface area contributed by atoms with Crippen molar-refractivity contribution in [3.05, 3.63) is 354 Å². The third kappa shape index (κ3) is 23.2. The third-order valence-electron chi connectivity index (χ3n) is 17.5. The monoisotopic (exact) mass is 1390 g/mol. The molecule has 11 rings (SSSR count). The molecule has 103 heavy (non-hydrogen) atoms. The lowest BCUT2D eigenvalue weighted by Gasteiger charge is -2.49. The average Bonchev–Trinajstić information content (AvgIpc) is 0.767. The van der Waals surface area contributed by atoms with Gasteiger partial charge in [-0.1, -0.05) is 288 Å². The molecule has 0 radical (unpaired) electrons. The minimum absolute atomic E-state index is 0.0172. The summed E-state index contributed by atoms with van der Waals surface area (Å²) in [6, 6.07) is 82.9. The summed E-state index contributed by atoms with van der Waals surface area (Å²) in [5.74, 6) is 0. The quantitative estimate of drug-likeness (QED) is 0.0196. The van der Waals surface area contributed by atoms with Crippen molar-refractivity contribution in [2.45, 2.75) is 145 Å². The molecule has 0 aliphatic carbocycles. The number of benzene rings is 9. The summed E-state index contributed by atoms with van der Waals surface area (Å²) >= 11 is 0. The van der Waals surface area contributed by atoms with Gasteiger partial charge in [0.2, 0.25) is 0 Å². The highest BCUT2D eigenvalue weighted by atomic mass is 16.7. The van der Waals surface area contributed by atoms with E-state index in [1.54, 1.807) is 0 Å². The summed E-state index contributed by atoms with van der Waals surface area (Å²) in [5.41, 5.74) is 39.9. The first-order valence-corrected chi connectivity index (χ1v) is 34.5. The zero-order valence-corrected chi connectivity index (χ0v) is 57.1. The zero-order chi connectivity index (χ0) is 70.7. The van der Waals surface area contributed by atoms with Gasteiger partial charge in [-0.05, 0) is 66.7 Å². The summed E-state index contributed by atoms with van der Waals surface area (Å²) in [6.07, 6.45) is -13.2. The van der Waals surface area contributed by atoms with Crippen LogP contribution in [0.1, 0.15) is 50.1 Å². The number of ether oxygens (including phenoxy) is 13. The summed E-state index contributed by atoms with van der Waals surface area (Å²) in [6.45, 7) is 0.372. The average molecular weight is 1390 g/mol. The fourth-order valence-electron chi connectivity index (χ4n) is 12.3. The first-order chi connectivity index (χ1) is 51.0. The molecule has 2 aliphatic heterocycles. The number of rotatable bonds is 41. The number of hydrogen-bond acceptors (Lipinski definition) is 16. The van der Waals surface area contributed by atoms with E-state index in [0.29, 0.717) is 0 Å². The van der Waals surface area contributed by atoms with Gasteiger partial charge in [0, 0.05) is 14.7 Å². The van der Waals surface area contributed by atoms with Crippen molar-refractivity contribution in [1.82, 2.24) is 0 Å². The van der Waals surface area contributed by atoms with Gasteiger partial charge in [-0.2, -0.15) is 0 Å². The summed E-state index contributed by atoms with van der Waals surface area (Å²) in [7, 11) is 0. The predicted octanol–water partition coefficient (Wildman–Crippen LogP) is 16.0. The molecule has 0 aromatic heterocycles. The molecule has 532 valence electrons. The van der Waals surface area contributed by atoms with Gasteiger partial charge in [0.15, 0.2) is 12.6 Å². The van der Waals surface area contributed by atoms with Crippen LogP contribution in [0.15, 0.2) is 288 Å². The van der Waals surface area contributed by atoms with Crippen LogP contribution < -0.4 is 0 Å². The number of hydrogen-bond donors (Lipinski definition) is 0. The van der Waals surface area contributed by atoms with Crippen LogP contribution in [-0.2, 0) is 121 Å². The second-order valence-electron chi connectivity index (χ2n) is 24.8. The van der Waals surface area contributed by atoms with Gasteiger partial charge in [0.05, 0.1) is 98.0 Å². The van der Waals surface area contributed by atoms with Crippen LogP contribution in [0.5, 0.6) is 0 Å². The number of azide groups is 3. The number of nitrogens with zero attached hydrogens (tertiary/aromatic N) is 9. The Morgan fingerprint density at radius 2 is 0.631 bits per heavy atom. The summed E-state index contributed by atoms with van der Waals surface area (Å²) in [4.78, 5) is 10.3. The summed E-state index contributed by atoms with van der Waals surface area (Å²) < 4.78 is 91.0. The Morgan fingerprint density at radius 3 is 1.02 bits per heavy atom. The van der Waals surface area contributed by atoms with Crippen LogP contribution >= 0.6 is 0 Å². The molecule has 0 bridgehead atoms. The highest BCUT2D eigenvalue weighted by Gasteiger charge is 2.55. The molecule has 22 nitrogen and oxygen atoms in total. The summed E-state index contributed by atoms with van der Waals surface area (Å²) in [5, 5.41) is 13.4. The molecular formula is C81H85N9O13. The Morgan fingerprint density at radius 1 is 0.320 bits per heavy atom. The first-order valence-electron chi connectivity index (χ1n) is 34.5. The van der Waals surface area contributed by atoms with Gasteiger partial charge in [0.25, 0.3) is 0 Å².